The number of thiophene rings is 1. The average molecular weight is 353 g/mol. The molecule has 0 bridgehead atoms. The largest absolute Gasteiger partial charge is 0.352 e. The molecule has 1 aliphatic rings. The van der Waals surface area contributed by atoms with Gasteiger partial charge in [-0.1, -0.05) is 18.2 Å². The molecule has 5 nitrogen and oxygen atoms in total. The van der Waals surface area contributed by atoms with Crippen molar-refractivity contribution in [2.24, 2.45) is 12.0 Å². The van der Waals surface area contributed by atoms with E-state index in [2.05, 4.69) is 56.2 Å². The number of hydrogen-bond donors (Lipinski definition) is 1. The smallest absolute Gasteiger partial charge is 0.193 e. The number of likely N-dealkylation sites (tertiary alicyclic amines) is 1. The number of rotatable bonds is 3. The molecule has 1 saturated heterocycles. The van der Waals surface area contributed by atoms with Crippen molar-refractivity contribution in [2.75, 3.05) is 20.1 Å². The van der Waals surface area contributed by atoms with Gasteiger partial charge >= 0.3 is 0 Å². The number of fused-ring (bicyclic) bond motifs is 1. The first-order valence-corrected chi connectivity index (χ1v) is 9.52. The summed E-state index contributed by atoms with van der Waals surface area (Å²) < 4.78 is 3.22. The molecule has 0 saturated carbocycles. The number of nitrogens with one attached hydrogen (secondary N) is 1. The highest BCUT2D eigenvalue weighted by atomic mass is 32.1. The Bertz CT molecular complexity index is 894. The summed E-state index contributed by atoms with van der Waals surface area (Å²) >= 11 is 1.80. The summed E-state index contributed by atoms with van der Waals surface area (Å²) in [5.74, 6) is 1.52. The van der Waals surface area contributed by atoms with Gasteiger partial charge in [0.1, 0.15) is 0 Å². The van der Waals surface area contributed by atoms with Crippen LogP contribution in [0.4, 0.5) is 0 Å². The van der Waals surface area contributed by atoms with E-state index < -0.39 is 0 Å². The number of hydrogen-bond acceptors (Lipinski definition) is 3. The Morgan fingerprint density at radius 2 is 2.28 bits per heavy atom. The molecule has 1 aliphatic heterocycles. The van der Waals surface area contributed by atoms with Gasteiger partial charge < -0.3 is 10.2 Å². The molecule has 25 heavy (non-hydrogen) atoms. The Balaban J connectivity index is 1.41. The van der Waals surface area contributed by atoms with Crippen LogP contribution in [0.25, 0.3) is 10.1 Å². The minimum absolute atomic E-state index is 0.536. The minimum atomic E-state index is 0.536. The van der Waals surface area contributed by atoms with Crippen molar-refractivity contribution in [2.45, 2.75) is 18.9 Å². The van der Waals surface area contributed by atoms with Crippen LogP contribution in [0.15, 0.2) is 47.0 Å². The maximum absolute atomic E-state index is 4.50. The lowest BCUT2D eigenvalue weighted by Gasteiger charge is -2.21. The highest BCUT2D eigenvalue weighted by Crippen LogP contribution is 2.27. The molecule has 1 aromatic carbocycles. The van der Waals surface area contributed by atoms with Crippen LogP contribution in [0, 0.1) is 0 Å². The summed E-state index contributed by atoms with van der Waals surface area (Å²) in [4.78, 5) is 6.85. The zero-order chi connectivity index (χ0) is 17.2. The van der Waals surface area contributed by atoms with Crippen LogP contribution < -0.4 is 5.32 Å². The fourth-order valence-electron chi connectivity index (χ4n) is 3.55. The number of aliphatic imine (C=N–C) groups is 1. The zero-order valence-corrected chi connectivity index (χ0v) is 15.5. The Hall–Kier alpha value is -2.34. The van der Waals surface area contributed by atoms with Gasteiger partial charge in [-0.2, -0.15) is 5.10 Å². The molecule has 1 unspecified atom stereocenters. The molecule has 0 aliphatic carbocycles. The number of benzene rings is 1. The molecule has 3 aromatic rings. The molecule has 3 heterocycles. The monoisotopic (exact) mass is 353 g/mol. The first-order valence-electron chi connectivity index (χ1n) is 8.64. The Labute approximate surface area is 152 Å². The zero-order valence-electron chi connectivity index (χ0n) is 14.6. The molecule has 1 fully saturated rings. The fourth-order valence-corrected chi connectivity index (χ4v) is 4.51. The lowest BCUT2D eigenvalue weighted by molar-refractivity contribution is 0.486. The Morgan fingerprint density at radius 1 is 1.40 bits per heavy atom. The Kier molecular flexibility index (Phi) is 4.44. The molecule has 2 aromatic heterocycles. The van der Waals surface area contributed by atoms with E-state index in [9.17, 15) is 0 Å². The maximum Gasteiger partial charge on any atom is 0.193 e. The molecular formula is C19H23N5S. The third kappa shape index (κ3) is 3.26. The second kappa shape index (κ2) is 6.88. The predicted molar refractivity (Wildman–Crippen MR) is 104 cm³/mol. The van der Waals surface area contributed by atoms with Crippen LogP contribution in [0.1, 0.15) is 23.5 Å². The average Bonchev–Trinajstić information content (AvgIpc) is 3.35. The summed E-state index contributed by atoms with van der Waals surface area (Å²) in [5, 5.41) is 11.4. The van der Waals surface area contributed by atoms with E-state index in [4.69, 9.17) is 0 Å². The van der Waals surface area contributed by atoms with Crippen molar-refractivity contribution in [1.29, 1.82) is 0 Å². The van der Waals surface area contributed by atoms with Crippen molar-refractivity contribution in [1.82, 2.24) is 20.0 Å². The first kappa shape index (κ1) is 16.1. The second-order valence-corrected chi connectivity index (χ2v) is 7.45. The van der Waals surface area contributed by atoms with Crippen LogP contribution >= 0.6 is 11.3 Å². The topological polar surface area (TPSA) is 45.5 Å². The van der Waals surface area contributed by atoms with Crippen molar-refractivity contribution >= 4 is 27.4 Å². The number of aryl methyl sites for hydroxylation is 1. The predicted octanol–water partition coefficient (Wildman–Crippen LogP) is 3.20. The quantitative estimate of drug-likeness (QED) is 0.581. The fraction of sp³-hybridized carbons (Fsp3) is 0.368. The minimum Gasteiger partial charge on any atom is -0.352 e. The van der Waals surface area contributed by atoms with Crippen molar-refractivity contribution < 1.29 is 0 Å². The second-order valence-electron chi connectivity index (χ2n) is 6.54. The molecule has 0 amide bonds. The van der Waals surface area contributed by atoms with Gasteiger partial charge in [-0.3, -0.25) is 9.67 Å². The van der Waals surface area contributed by atoms with Crippen molar-refractivity contribution in [3.63, 3.8) is 0 Å². The lowest BCUT2D eigenvalue weighted by Crippen LogP contribution is -2.39. The summed E-state index contributed by atoms with van der Waals surface area (Å²) in [6, 6.07) is 8.57. The highest BCUT2D eigenvalue weighted by molar-refractivity contribution is 7.17. The summed E-state index contributed by atoms with van der Waals surface area (Å²) in [5.41, 5.74) is 2.66. The molecular weight excluding hydrogens is 330 g/mol. The van der Waals surface area contributed by atoms with Gasteiger partial charge in [0.15, 0.2) is 5.96 Å². The summed E-state index contributed by atoms with van der Waals surface area (Å²) in [7, 11) is 3.84. The normalized spacial score (nSPS) is 18.2. The molecule has 0 radical (unpaired) electrons. The van der Waals surface area contributed by atoms with Crippen molar-refractivity contribution in [3.05, 3.63) is 53.2 Å². The summed E-state index contributed by atoms with van der Waals surface area (Å²) in [6.07, 6.45) is 5.26. The van der Waals surface area contributed by atoms with Crippen LogP contribution in [0.5, 0.6) is 0 Å². The van der Waals surface area contributed by atoms with Crippen LogP contribution in [0.3, 0.4) is 0 Å². The highest BCUT2D eigenvalue weighted by Gasteiger charge is 2.26. The Morgan fingerprint density at radius 3 is 3.08 bits per heavy atom. The van der Waals surface area contributed by atoms with Gasteiger partial charge in [0.05, 0.1) is 6.20 Å². The molecule has 6 heteroatoms. The van der Waals surface area contributed by atoms with Gasteiger partial charge in [-0.25, -0.2) is 0 Å². The van der Waals surface area contributed by atoms with Crippen LogP contribution in [-0.4, -0.2) is 40.8 Å². The van der Waals surface area contributed by atoms with Gasteiger partial charge in [0.2, 0.25) is 0 Å². The molecule has 130 valence electrons. The molecule has 0 spiro atoms. The van der Waals surface area contributed by atoms with Crippen LogP contribution in [0.2, 0.25) is 0 Å². The lowest BCUT2D eigenvalue weighted by atomic mass is 10.0. The number of guanidine groups is 1. The van der Waals surface area contributed by atoms with E-state index in [1.807, 2.05) is 25.0 Å². The van der Waals surface area contributed by atoms with Crippen molar-refractivity contribution in [3.8, 4) is 0 Å². The first-order chi connectivity index (χ1) is 12.2. The van der Waals surface area contributed by atoms with E-state index in [0.29, 0.717) is 5.92 Å². The van der Waals surface area contributed by atoms with E-state index in [-0.39, 0.29) is 0 Å². The number of aromatic nitrogens is 2. The van der Waals surface area contributed by atoms with Gasteiger partial charge in [0.25, 0.3) is 0 Å². The summed E-state index contributed by atoms with van der Waals surface area (Å²) in [6.45, 7) is 2.84. The SMILES string of the molecule is CN=C(NCc1csc2ccccc12)N1CCC(c2cnn(C)c2)C1. The van der Waals surface area contributed by atoms with E-state index >= 15 is 0 Å². The maximum atomic E-state index is 4.50. The standard InChI is InChI=1S/C19H23N5S/c1-20-19(21-9-16-13-25-18-6-4-3-5-17(16)18)24-8-7-14(12-24)15-10-22-23(2)11-15/h3-6,10-11,13-14H,7-9,12H2,1-2H3,(H,20,21). The molecule has 4 rings (SSSR count). The third-order valence-corrected chi connectivity index (χ3v) is 5.91. The van der Waals surface area contributed by atoms with Gasteiger partial charge in [-0.05, 0) is 34.4 Å². The van der Waals surface area contributed by atoms with Gasteiger partial charge in [-0.15, -0.1) is 11.3 Å². The third-order valence-electron chi connectivity index (χ3n) is 4.89. The van der Waals surface area contributed by atoms with E-state index in [0.717, 1.165) is 32.0 Å². The van der Waals surface area contributed by atoms with E-state index in [1.165, 1.54) is 21.2 Å². The van der Waals surface area contributed by atoms with Crippen LogP contribution in [-0.2, 0) is 13.6 Å². The number of nitrogens with zero attached hydrogens (tertiary/aromatic N) is 4. The molecule has 1 atom stereocenters. The molecule has 1 N–H and O–H groups in total. The van der Waals surface area contributed by atoms with E-state index in [1.54, 1.807) is 11.3 Å². The van der Waals surface area contributed by atoms with Gasteiger partial charge in [0, 0.05) is 50.5 Å².